The van der Waals surface area contributed by atoms with E-state index in [1.165, 1.54) is 4.88 Å². The highest BCUT2D eigenvalue weighted by atomic mass is 32.1. The molecular weight excluding hydrogens is 352 g/mol. The lowest BCUT2D eigenvalue weighted by molar-refractivity contribution is -0.125. The topological polar surface area (TPSA) is 98.7 Å². The Labute approximate surface area is 157 Å². The molecule has 0 aliphatic carbocycles. The first-order valence-corrected chi connectivity index (χ1v) is 9.67. The first kappa shape index (κ1) is 18.6. The summed E-state index contributed by atoms with van der Waals surface area (Å²) in [5.74, 6) is 0.758. The highest BCUT2D eigenvalue weighted by Gasteiger charge is 2.48. The molecule has 2 aliphatic heterocycles. The van der Waals surface area contributed by atoms with E-state index in [1.807, 2.05) is 20.8 Å². The molecule has 3 heterocycles. The molecule has 9 heteroatoms. The Hall–Kier alpha value is -2.16. The molecule has 0 radical (unpaired) electrons. The van der Waals surface area contributed by atoms with Gasteiger partial charge in [-0.1, -0.05) is 0 Å². The van der Waals surface area contributed by atoms with Crippen LogP contribution in [0.25, 0.3) is 0 Å². The number of imide groups is 1. The Morgan fingerprint density at radius 3 is 2.58 bits per heavy atom. The molecule has 1 atom stereocenters. The van der Waals surface area contributed by atoms with Crippen LogP contribution in [-0.2, 0) is 11.3 Å². The first-order chi connectivity index (χ1) is 12.3. The summed E-state index contributed by atoms with van der Waals surface area (Å²) >= 11 is 1.70. The third kappa shape index (κ3) is 3.53. The second kappa shape index (κ2) is 7.22. The number of urea groups is 1. The lowest BCUT2D eigenvalue weighted by atomic mass is 9.79. The van der Waals surface area contributed by atoms with Crippen LogP contribution in [0.15, 0.2) is 4.99 Å². The summed E-state index contributed by atoms with van der Waals surface area (Å²) in [5, 5.41) is 9.63. The van der Waals surface area contributed by atoms with Crippen molar-refractivity contribution < 1.29 is 9.59 Å². The molecule has 0 saturated carbocycles. The minimum absolute atomic E-state index is 0.120. The number of guanidine groups is 1. The maximum atomic E-state index is 12.1. The zero-order valence-corrected chi connectivity index (χ0v) is 16.5. The van der Waals surface area contributed by atoms with Crippen molar-refractivity contribution in [3.63, 3.8) is 0 Å². The van der Waals surface area contributed by atoms with Gasteiger partial charge in [0.2, 0.25) is 0 Å². The molecule has 0 bridgehead atoms. The number of aromatic nitrogens is 1. The average Bonchev–Trinajstić information content (AvgIpc) is 3.06. The molecule has 2 saturated heterocycles. The van der Waals surface area contributed by atoms with E-state index >= 15 is 0 Å². The number of piperidine rings is 1. The molecule has 2 aliphatic rings. The third-order valence-electron chi connectivity index (χ3n) is 5.30. The van der Waals surface area contributed by atoms with Crippen molar-refractivity contribution in [1.82, 2.24) is 25.8 Å². The highest BCUT2D eigenvalue weighted by molar-refractivity contribution is 7.11. The van der Waals surface area contributed by atoms with Crippen LogP contribution in [0.2, 0.25) is 0 Å². The zero-order valence-electron chi connectivity index (χ0n) is 15.7. The van der Waals surface area contributed by atoms with Crippen molar-refractivity contribution in [3.05, 3.63) is 15.6 Å². The number of carbonyl (C=O) groups excluding carboxylic acids is 2. The van der Waals surface area contributed by atoms with Crippen molar-refractivity contribution in [2.75, 3.05) is 20.1 Å². The van der Waals surface area contributed by atoms with Gasteiger partial charge in [0.15, 0.2) is 5.96 Å². The molecule has 3 amide bonds. The van der Waals surface area contributed by atoms with Crippen molar-refractivity contribution in [1.29, 1.82) is 0 Å². The molecule has 26 heavy (non-hydrogen) atoms. The maximum Gasteiger partial charge on any atom is 0.322 e. The molecule has 3 rings (SSSR count). The first-order valence-electron chi connectivity index (χ1n) is 8.85. The Morgan fingerprint density at radius 1 is 1.38 bits per heavy atom. The Kier molecular flexibility index (Phi) is 5.17. The summed E-state index contributed by atoms with van der Waals surface area (Å²) in [5.41, 5.74) is 0.252. The minimum Gasteiger partial charge on any atom is -0.351 e. The van der Waals surface area contributed by atoms with Gasteiger partial charge in [-0.25, -0.2) is 9.78 Å². The quantitative estimate of drug-likeness (QED) is 0.416. The van der Waals surface area contributed by atoms with Crippen LogP contribution in [0.1, 0.15) is 35.3 Å². The highest BCUT2D eigenvalue weighted by Crippen LogP contribution is 2.30. The number of amides is 3. The molecule has 1 unspecified atom stereocenters. The van der Waals surface area contributed by atoms with Gasteiger partial charge in [-0.15, -0.1) is 11.3 Å². The van der Waals surface area contributed by atoms with Gasteiger partial charge in [0.05, 0.1) is 17.2 Å². The molecule has 0 spiro atoms. The molecular formula is C17H26N6O2S. The summed E-state index contributed by atoms with van der Waals surface area (Å²) in [7, 11) is 1.78. The van der Waals surface area contributed by atoms with Crippen LogP contribution in [0.4, 0.5) is 4.79 Å². The molecule has 1 aromatic heterocycles. The number of aryl methyl sites for hydroxylation is 2. The van der Waals surface area contributed by atoms with Crippen LogP contribution >= 0.6 is 11.3 Å². The fraction of sp³-hybridized carbons (Fsp3) is 0.647. The number of hydrogen-bond donors (Lipinski definition) is 3. The smallest absolute Gasteiger partial charge is 0.322 e. The van der Waals surface area contributed by atoms with E-state index < -0.39 is 11.6 Å². The fourth-order valence-corrected chi connectivity index (χ4v) is 4.62. The van der Waals surface area contributed by atoms with Crippen molar-refractivity contribution in [3.8, 4) is 0 Å². The van der Waals surface area contributed by atoms with Crippen LogP contribution in [0.5, 0.6) is 0 Å². The Morgan fingerprint density at radius 2 is 2.08 bits per heavy atom. The van der Waals surface area contributed by atoms with Crippen LogP contribution < -0.4 is 16.0 Å². The predicted octanol–water partition coefficient (Wildman–Crippen LogP) is 1.15. The normalized spacial score (nSPS) is 24.6. The van der Waals surface area contributed by atoms with Crippen LogP contribution in [0, 0.1) is 19.8 Å². The summed E-state index contributed by atoms with van der Waals surface area (Å²) in [6.45, 7) is 8.15. The summed E-state index contributed by atoms with van der Waals surface area (Å²) in [4.78, 5) is 35.9. The second-order valence-corrected chi connectivity index (χ2v) is 8.30. The standard InChI is InChI=1S/C17H26N6O2S/c1-10-13(26-11(2)20-10)9-19-15(18-4)23-7-5-12(6-8-23)17(3)14(24)21-16(25)22-17/h12H,5-9H2,1-4H3,(H,18,19)(H2,21,22,24,25). The molecule has 0 aromatic carbocycles. The van der Waals surface area contributed by atoms with Crippen molar-refractivity contribution in [2.24, 2.45) is 10.9 Å². The van der Waals surface area contributed by atoms with Gasteiger partial charge in [0, 0.05) is 25.0 Å². The largest absolute Gasteiger partial charge is 0.351 e. The Balaban J connectivity index is 1.57. The monoisotopic (exact) mass is 378 g/mol. The number of hydrogen-bond acceptors (Lipinski definition) is 5. The summed E-state index contributed by atoms with van der Waals surface area (Å²) in [6, 6.07) is -0.396. The minimum atomic E-state index is -0.808. The van der Waals surface area contributed by atoms with Gasteiger partial charge in [-0.05, 0) is 39.5 Å². The van der Waals surface area contributed by atoms with E-state index in [0.717, 1.165) is 42.6 Å². The zero-order chi connectivity index (χ0) is 18.9. The molecule has 8 nitrogen and oxygen atoms in total. The maximum absolute atomic E-state index is 12.1. The number of carbonyl (C=O) groups is 2. The van der Waals surface area contributed by atoms with Gasteiger partial charge in [0.1, 0.15) is 5.54 Å². The fourth-order valence-electron chi connectivity index (χ4n) is 3.74. The summed E-state index contributed by atoms with van der Waals surface area (Å²) in [6.07, 6.45) is 1.65. The van der Waals surface area contributed by atoms with E-state index in [1.54, 1.807) is 18.4 Å². The number of thiazole rings is 1. The van der Waals surface area contributed by atoms with E-state index in [0.29, 0.717) is 6.54 Å². The van der Waals surface area contributed by atoms with Gasteiger partial charge in [-0.3, -0.25) is 15.1 Å². The number of rotatable bonds is 3. The predicted molar refractivity (Wildman–Crippen MR) is 101 cm³/mol. The third-order valence-corrected chi connectivity index (χ3v) is 6.37. The van der Waals surface area contributed by atoms with Gasteiger partial charge < -0.3 is 15.5 Å². The van der Waals surface area contributed by atoms with Gasteiger partial charge >= 0.3 is 6.03 Å². The van der Waals surface area contributed by atoms with Gasteiger partial charge in [0.25, 0.3) is 5.91 Å². The summed E-state index contributed by atoms with van der Waals surface area (Å²) < 4.78 is 0. The molecule has 1 aromatic rings. The number of nitrogens with one attached hydrogen (secondary N) is 3. The Bertz CT molecular complexity index is 738. The molecule has 2 fully saturated rings. The lowest BCUT2D eigenvalue weighted by Gasteiger charge is -2.39. The lowest BCUT2D eigenvalue weighted by Crippen LogP contribution is -2.55. The van der Waals surface area contributed by atoms with E-state index in [-0.39, 0.29) is 11.8 Å². The second-order valence-electron chi connectivity index (χ2n) is 7.01. The van der Waals surface area contributed by atoms with Gasteiger partial charge in [-0.2, -0.15) is 0 Å². The SMILES string of the molecule is CN=C(NCc1sc(C)nc1C)N1CCC(C2(C)NC(=O)NC2=O)CC1. The number of likely N-dealkylation sites (tertiary alicyclic amines) is 1. The van der Waals surface area contributed by atoms with E-state index in [9.17, 15) is 9.59 Å². The van der Waals surface area contributed by atoms with Crippen LogP contribution in [0.3, 0.4) is 0 Å². The van der Waals surface area contributed by atoms with Crippen molar-refractivity contribution in [2.45, 2.75) is 45.7 Å². The molecule has 142 valence electrons. The van der Waals surface area contributed by atoms with E-state index in [2.05, 4.69) is 30.8 Å². The van der Waals surface area contributed by atoms with Crippen LogP contribution in [-0.4, -0.2) is 53.5 Å². The average molecular weight is 379 g/mol. The number of nitrogens with zero attached hydrogens (tertiary/aromatic N) is 3. The van der Waals surface area contributed by atoms with Crippen molar-refractivity contribution >= 4 is 29.2 Å². The molecule has 3 N–H and O–H groups in total. The van der Waals surface area contributed by atoms with E-state index in [4.69, 9.17) is 0 Å². The number of aliphatic imine (C=N–C) groups is 1.